The van der Waals surface area contributed by atoms with E-state index in [-0.39, 0.29) is 30.5 Å². The first-order chi connectivity index (χ1) is 18.2. The number of hydrogen-bond acceptors (Lipinski definition) is 5. The molecule has 5 rings (SSSR count). The van der Waals surface area contributed by atoms with E-state index in [2.05, 4.69) is 46.0 Å². The normalized spacial score (nSPS) is 21.5. The minimum atomic E-state index is 0.0783. The highest BCUT2D eigenvalue weighted by Gasteiger charge is 2.49. The number of aromatic nitrogens is 1. The van der Waals surface area contributed by atoms with Crippen molar-refractivity contribution in [1.29, 1.82) is 0 Å². The van der Waals surface area contributed by atoms with Crippen molar-refractivity contribution in [3.8, 4) is 17.6 Å². The molecule has 1 amide bonds. The van der Waals surface area contributed by atoms with Gasteiger partial charge in [0.05, 0.1) is 20.1 Å². The molecule has 6 nitrogen and oxygen atoms in total. The number of aliphatic hydroxyl groups excluding tert-OH is 1. The number of hydrogen-bond donors (Lipinski definition) is 1. The van der Waals surface area contributed by atoms with E-state index in [1.165, 1.54) is 5.56 Å². The van der Waals surface area contributed by atoms with E-state index in [1.807, 2.05) is 41.3 Å². The van der Waals surface area contributed by atoms with Gasteiger partial charge in [-0.05, 0) is 73.0 Å². The predicted molar refractivity (Wildman–Crippen MR) is 143 cm³/mol. The monoisotopic (exact) mass is 495 g/mol. The maximum Gasteiger partial charge on any atom is 0.227 e. The van der Waals surface area contributed by atoms with Gasteiger partial charge in [0, 0.05) is 54.6 Å². The van der Waals surface area contributed by atoms with Crippen LogP contribution in [0.1, 0.15) is 41.0 Å². The van der Waals surface area contributed by atoms with Crippen molar-refractivity contribution in [3.05, 3.63) is 95.3 Å². The fraction of sp³-hybridized carbons (Fsp3) is 0.355. The van der Waals surface area contributed by atoms with Crippen LogP contribution < -0.4 is 4.74 Å². The summed E-state index contributed by atoms with van der Waals surface area (Å²) in [6.07, 6.45) is 5.87. The highest BCUT2D eigenvalue weighted by Crippen LogP contribution is 2.42. The van der Waals surface area contributed by atoms with Crippen LogP contribution >= 0.6 is 0 Å². The van der Waals surface area contributed by atoms with Gasteiger partial charge in [-0.2, -0.15) is 0 Å². The summed E-state index contributed by atoms with van der Waals surface area (Å²) in [6, 6.07) is 20.2. The fourth-order valence-electron chi connectivity index (χ4n) is 5.56. The third kappa shape index (κ3) is 5.69. The molecule has 2 aliphatic heterocycles. The Hall–Kier alpha value is -3.66. The summed E-state index contributed by atoms with van der Waals surface area (Å²) in [5.74, 6) is 7.58. The van der Waals surface area contributed by atoms with Gasteiger partial charge in [0.1, 0.15) is 5.75 Å². The summed E-state index contributed by atoms with van der Waals surface area (Å²) in [4.78, 5) is 21.7. The molecule has 2 fully saturated rings. The van der Waals surface area contributed by atoms with Crippen LogP contribution in [0.5, 0.6) is 5.75 Å². The third-order valence-corrected chi connectivity index (χ3v) is 7.54. The van der Waals surface area contributed by atoms with E-state index in [0.717, 1.165) is 48.4 Å². The van der Waals surface area contributed by atoms with Crippen molar-refractivity contribution in [1.82, 2.24) is 14.8 Å². The Balaban J connectivity index is 1.30. The van der Waals surface area contributed by atoms with E-state index >= 15 is 0 Å². The topological polar surface area (TPSA) is 65.9 Å². The SMILES string of the molecule is COc1ccc(C#Cc2ccc([C@@H]3[C@H]4CN(C(=O)Cc5cccnc5)CCCCN4[C@H]3CO)cc2)cc1. The molecule has 3 aromatic rings. The summed E-state index contributed by atoms with van der Waals surface area (Å²) in [5.41, 5.74) is 4.01. The number of rotatable bonds is 5. The Bertz CT molecular complexity index is 1250. The van der Waals surface area contributed by atoms with Crippen molar-refractivity contribution >= 4 is 5.91 Å². The number of carbonyl (C=O) groups excluding carboxylic acids is 1. The number of carbonyl (C=O) groups is 1. The molecule has 0 aliphatic carbocycles. The van der Waals surface area contributed by atoms with E-state index < -0.39 is 0 Å². The standard InChI is InChI=1S/C31H33N3O3/c1-37-27-14-10-24(11-15-27)7-6-23-8-12-26(13-9-23)31-28-21-33(17-2-3-18-34(28)29(31)22-35)30(36)19-25-5-4-16-32-20-25/h4-5,8-16,20,28-29,31,35H,2-3,17-19,21-22H2,1H3/t28-,29+,31-/m1/s1. The molecule has 2 aromatic carbocycles. The highest BCUT2D eigenvalue weighted by molar-refractivity contribution is 5.78. The van der Waals surface area contributed by atoms with Crippen molar-refractivity contribution in [2.75, 3.05) is 33.4 Å². The first-order valence-corrected chi connectivity index (χ1v) is 13.0. The minimum Gasteiger partial charge on any atom is -0.497 e. The molecular weight excluding hydrogens is 462 g/mol. The number of aliphatic hydroxyl groups is 1. The lowest BCUT2D eigenvalue weighted by Gasteiger charge is -2.57. The quantitative estimate of drug-likeness (QED) is 0.549. The van der Waals surface area contributed by atoms with E-state index in [1.54, 1.807) is 19.5 Å². The number of pyridine rings is 1. The molecule has 1 aromatic heterocycles. The zero-order chi connectivity index (χ0) is 25.6. The molecule has 2 saturated heterocycles. The van der Waals surface area contributed by atoms with E-state index in [0.29, 0.717) is 13.0 Å². The molecule has 2 aliphatic rings. The number of ether oxygens (including phenoxy) is 1. The summed E-state index contributed by atoms with van der Waals surface area (Å²) < 4.78 is 5.21. The Labute approximate surface area is 218 Å². The summed E-state index contributed by atoms with van der Waals surface area (Å²) >= 11 is 0. The predicted octanol–water partition coefficient (Wildman–Crippen LogP) is 3.48. The van der Waals surface area contributed by atoms with Crippen molar-refractivity contribution in [3.63, 3.8) is 0 Å². The number of methoxy groups -OCH3 is 1. The van der Waals surface area contributed by atoms with Crippen molar-refractivity contribution < 1.29 is 14.6 Å². The summed E-state index contributed by atoms with van der Waals surface area (Å²) in [6.45, 7) is 2.53. The highest BCUT2D eigenvalue weighted by atomic mass is 16.5. The molecule has 0 radical (unpaired) electrons. The Kier molecular flexibility index (Phi) is 7.84. The smallest absolute Gasteiger partial charge is 0.227 e. The second-order valence-corrected chi connectivity index (χ2v) is 9.77. The van der Waals surface area contributed by atoms with Gasteiger partial charge in [-0.1, -0.05) is 30.0 Å². The van der Waals surface area contributed by atoms with Crippen LogP contribution in [0, 0.1) is 11.8 Å². The average molecular weight is 496 g/mol. The molecule has 3 atom stereocenters. The molecule has 3 heterocycles. The molecule has 0 spiro atoms. The lowest BCUT2D eigenvalue weighted by Crippen LogP contribution is -2.68. The molecule has 0 unspecified atom stereocenters. The Morgan fingerprint density at radius 1 is 1.03 bits per heavy atom. The van der Waals surface area contributed by atoms with Gasteiger partial charge in [-0.15, -0.1) is 0 Å². The van der Waals surface area contributed by atoms with Gasteiger partial charge in [0.2, 0.25) is 5.91 Å². The summed E-state index contributed by atoms with van der Waals surface area (Å²) in [7, 11) is 1.65. The van der Waals surface area contributed by atoms with Crippen molar-refractivity contribution in [2.24, 2.45) is 0 Å². The number of nitrogens with zero attached hydrogens (tertiary/aromatic N) is 3. The third-order valence-electron chi connectivity index (χ3n) is 7.54. The lowest BCUT2D eigenvalue weighted by atomic mass is 9.74. The first kappa shape index (κ1) is 25.0. The molecular formula is C31H33N3O3. The van der Waals surface area contributed by atoms with Crippen molar-refractivity contribution in [2.45, 2.75) is 37.3 Å². The van der Waals surface area contributed by atoms with Crippen LogP contribution in [0.15, 0.2) is 73.1 Å². The van der Waals surface area contributed by atoms with Crippen LogP contribution in [-0.2, 0) is 11.2 Å². The van der Waals surface area contributed by atoms with E-state index in [4.69, 9.17) is 4.74 Å². The van der Waals surface area contributed by atoms with Crippen LogP contribution in [0.25, 0.3) is 0 Å². The van der Waals surface area contributed by atoms with Crippen LogP contribution in [0.3, 0.4) is 0 Å². The van der Waals surface area contributed by atoms with Gasteiger partial charge < -0.3 is 14.7 Å². The summed E-state index contributed by atoms with van der Waals surface area (Å²) in [5, 5.41) is 10.2. The molecule has 0 saturated carbocycles. The second-order valence-electron chi connectivity index (χ2n) is 9.77. The average Bonchev–Trinajstić information content (AvgIpc) is 2.92. The second kappa shape index (κ2) is 11.6. The zero-order valence-electron chi connectivity index (χ0n) is 21.2. The van der Waals surface area contributed by atoms with Crippen LogP contribution in [0.2, 0.25) is 0 Å². The molecule has 6 heteroatoms. The molecule has 190 valence electrons. The minimum absolute atomic E-state index is 0.0783. The van der Waals surface area contributed by atoms with Crippen LogP contribution in [-0.4, -0.2) is 71.2 Å². The molecule has 1 N–H and O–H groups in total. The lowest BCUT2D eigenvalue weighted by molar-refractivity contribution is -0.135. The first-order valence-electron chi connectivity index (χ1n) is 13.0. The maximum atomic E-state index is 13.2. The zero-order valence-corrected chi connectivity index (χ0v) is 21.2. The number of amides is 1. The fourth-order valence-corrected chi connectivity index (χ4v) is 5.56. The molecule has 0 bridgehead atoms. The van der Waals surface area contributed by atoms with Gasteiger partial charge in [0.25, 0.3) is 0 Å². The van der Waals surface area contributed by atoms with Gasteiger partial charge in [-0.25, -0.2) is 0 Å². The van der Waals surface area contributed by atoms with E-state index in [9.17, 15) is 9.90 Å². The maximum absolute atomic E-state index is 13.2. The van der Waals surface area contributed by atoms with Gasteiger partial charge in [-0.3, -0.25) is 14.7 Å². The Morgan fingerprint density at radius 2 is 1.73 bits per heavy atom. The Morgan fingerprint density at radius 3 is 2.38 bits per heavy atom. The number of benzene rings is 2. The van der Waals surface area contributed by atoms with Gasteiger partial charge in [0.15, 0.2) is 0 Å². The van der Waals surface area contributed by atoms with Gasteiger partial charge >= 0.3 is 0 Å². The van der Waals surface area contributed by atoms with Crippen LogP contribution in [0.4, 0.5) is 0 Å². The molecule has 37 heavy (non-hydrogen) atoms. The number of fused-ring (bicyclic) bond motifs is 1. The largest absolute Gasteiger partial charge is 0.497 e.